The van der Waals surface area contributed by atoms with Crippen LogP contribution in [-0.2, 0) is 5.60 Å². The minimum atomic E-state index is -1.24. The second-order valence-corrected chi connectivity index (χ2v) is 5.90. The van der Waals surface area contributed by atoms with E-state index in [4.69, 9.17) is 4.42 Å². The van der Waals surface area contributed by atoms with Gasteiger partial charge in [-0.25, -0.2) is 0 Å². The van der Waals surface area contributed by atoms with Crippen LogP contribution in [0.25, 0.3) is 0 Å². The third-order valence-electron chi connectivity index (χ3n) is 3.77. The highest BCUT2D eigenvalue weighted by Gasteiger charge is 2.26. The van der Waals surface area contributed by atoms with Gasteiger partial charge in [0, 0.05) is 24.8 Å². The molecule has 0 aliphatic rings. The maximum absolute atomic E-state index is 12.2. The summed E-state index contributed by atoms with van der Waals surface area (Å²) in [5.41, 5.74) is 0.403. The first-order valence-electron chi connectivity index (χ1n) is 7.80. The summed E-state index contributed by atoms with van der Waals surface area (Å²) in [5, 5.41) is 13.1. The summed E-state index contributed by atoms with van der Waals surface area (Å²) in [6, 6.07) is 10.8. The van der Waals surface area contributed by atoms with Gasteiger partial charge >= 0.3 is 0 Å². The standard InChI is InChI=1S/C18H24N2O3/c1-4-11-20(3)15-9-7-14(8-10-15)17(21)19-13-18(2,22)16-6-5-12-23-16/h5-10,12,22H,4,11,13H2,1-3H3,(H,19,21). The van der Waals surface area contributed by atoms with E-state index in [0.29, 0.717) is 11.3 Å². The summed E-state index contributed by atoms with van der Waals surface area (Å²) in [4.78, 5) is 14.3. The predicted octanol–water partition coefficient (Wildman–Crippen LogP) is 2.76. The molecule has 1 aromatic carbocycles. The molecule has 0 saturated carbocycles. The zero-order valence-electron chi connectivity index (χ0n) is 13.9. The Kier molecular flexibility index (Phi) is 5.45. The SMILES string of the molecule is CCCN(C)c1ccc(C(=O)NCC(C)(O)c2ccco2)cc1. The van der Waals surface area contributed by atoms with Crippen LogP contribution in [0.5, 0.6) is 0 Å². The van der Waals surface area contributed by atoms with Gasteiger partial charge in [-0.05, 0) is 49.7 Å². The summed E-state index contributed by atoms with van der Waals surface area (Å²) in [6.45, 7) is 4.78. The van der Waals surface area contributed by atoms with E-state index >= 15 is 0 Å². The van der Waals surface area contributed by atoms with Crippen molar-refractivity contribution >= 4 is 11.6 Å². The number of rotatable bonds is 7. The molecule has 1 aromatic heterocycles. The highest BCUT2D eigenvalue weighted by molar-refractivity contribution is 5.94. The zero-order chi connectivity index (χ0) is 16.9. The molecule has 1 heterocycles. The number of carbonyl (C=O) groups is 1. The predicted molar refractivity (Wildman–Crippen MR) is 90.6 cm³/mol. The Balaban J connectivity index is 1.96. The summed E-state index contributed by atoms with van der Waals surface area (Å²) < 4.78 is 5.19. The zero-order valence-corrected chi connectivity index (χ0v) is 13.9. The molecule has 2 N–H and O–H groups in total. The molecule has 5 heteroatoms. The molecule has 124 valence electrons. The monoisotopic (exact) mass is 316 g/mol. The van der Waals surface area contributed by atoms with Crippen molar-refractivity contribution in [3.05, 3.63) is 54.0 Å². The van der Waals surface area contributed by atoms with Crippen molar-refractivity contribution in [1.29, 1.82) is 0 Å². The molecule has 0 spiro atoms. The Morgan fingerprint density at radius 3 is 2.57 bits per heavy atom. The van der Waals surface area contributed by atoms with Gasteiger partial charge in [0.05, 0.1) is 12.8 Å². The van der Waals surface area contributed by atoms with Crippen molar-refractivity contribution in [1.82, 2.24) is 5.32 Å². The smallest absolute Gasteiger partial charge is 0.251 e. The lowest BCUT2D eigenvalue weighted by Gasteiger charge is -2.21. The second kappa shape index (κ2) is 7.33. The number of nitrogens with one attached hydrogen (secondary N) is 1. The number of benzene rings is 1. The van der Waals surface area contributed by atoms with Crippen molar-refractivity contribution in [2.24, 2.45) is 0 Å². The quantitative estimate of drug-likeness (QED) is 0.824. The molecule has 0 aliphatic heterocycles. The number of carbonyl (C=O) groups excluding carboxylic acids is 1. The highest BCUT2D eigenvalue weighted by Crippen LogP contribution is 2.20. The van der Waals surface area contributed by atoms with Crippen molar-refractivity contribution in [3.8, 4) is 0 Å². The van der Waals surface area contributed by atoms with E-state index in [1.165, 1.54) is 6.26 Å². The van der Waals surface area contributed by atoms with Crippen LogP contribution in [0.4, 0.5) is 5.69 Å². The van der Waals surface area contributed by atoms with E-state index in [1.54, 1.807) is 31.2 Å². The summed E-state index contributed by atoms with van der Waals surface area (Å²) in [7, 11) is 2.03. The minimum Gasteiger partial charge on any atom is -0.466 e. The molecule has 0 aliphatic carbocycles. The Bertz CT molecular complexity index is 618. The van der Waals surface area contributed by atoms with Crippen LogP contribution in [0, 0.1) is 0 Å². The lowest BCUT2D eigenvalue weighted by atomic mass is 10.0. The lowest BCUT2D eigenvalue weighted by molar-refractivity contribution is 0.0330. The third kappa shape index (κ3) is 4.36. The molecule has 0 saturated heterocycles. The third-order valence-corrected chi connectivity index (χ3v) is 3.77. The van der Waals surface area contributed by atoms with Gasteiger partial charge in [-0.3, -0.25) is 4.79 Å². The van der Waals surface area contributed by atoms with Gasteiger partial charge in [-0.15, -0.1) is 0 Å². The normalized spacial score (nSPS) is 13.4. The van der Waals surface area contributed by atoms with Crippen LogP contribution in [0.1, 0.15) is 36.4 Å². The van der Waals surface area contributed by atoms with Crippen LogP contribution in [0.3, 0.4) is 0 Å². The summed E-state index contributed by atoms with van der Waals surface area (Å²) in [5.74, 6) is 0.205. The van der Waals surface area contributed by atoms with Gasteiger partial charge in [0.1, 0.15) is 11.4 Å². The van der Waals surface area contributed by atoms with Gasteiger partial charge in [0.15, 0.2) is 0 Å². The fraction of sp³-hybridized carbons (Fsp3) is 0.389. The van der Waals surface area contributed by atoms with Gasteiger partial charge < -0.3 is 19.7 Å². The van der Waals surface area contributed by atoms with Crippen molar-refractivity contribution in [3.63, 3.8) is 0 Å². The van der Waals surface area contributed by atoms with Gasteiger partial charge in [-0.2, -0.15) is 0 Å². The van der Waals surface area contributed by atoms with Crippen LogP contribution in [0.15, 0.2) is 47.1 Å². The molecule has 0 fully saturated rings. The fourth-order valence-electron chi connectivity index (χ4n) is 2.36. The Morgan fingerprint density at radius 2 is 2.00 bits per heavy atom. The van der Waals surface area contributed by atoms with E-state index in [9.17, 15) is 9.90 Å². The molecule has 1 unspecified atom stereocenters. The van der Waals surface area contributed by atoms with E-state index < -0.39 is 5.60 Å². The molecule has 1 amide bonds. The van der Waals surface area contributed by atoms with Crippen molar-refractivity contribution in [2.45, 2.75) is 25.9 Å². The van der Waals surface area contributed by atoms with E-state index in [0.717, 1.165) is 18.7 Å². The number of nitrogens with zero attached hydrogens (tertiary/aromatic N) is 1. The van der Waals surface area contributed by atoms with E-state index in [1.807, 2.05) is 19.2 Å². The molecule has 0 radical (unpaired) electrons. The number of furan rings is 1. The Hall–Kier alpha value is -2.27. The fourth-order valence-corrected chi connectivity index (χ4v) is 2.36. The molecule has 2 rings (SSSR count). The molecule has 5 nitrogen and oxygen atoms in total. The lowest BCUT2D eigenvalue weighted by Crippen LogP contribution is -2.38. The molecule has 1 atom stereocenters. The Labute approximate surface area is 136 Å². The number of hydrogen-bond acceptors (Lipinski definition) is 4. The average molecular weight is 316 g/mol. The molecule has 23 heavy (non-hydrogen) atoms. The van der Waals surface area contributed by atoms with Gasteiger partial charge in [0.25, 0.3) is 5.91 Å². The van der Waals surface area contributed by atoms with E-state index in [-0.39, 0.29) is 12.5 Å². The summed E-state index contributed by atoms with van der Waals surface area (Å²) in [6.07, 6.45) is 2.57. The molecular weight excluding hydrogens is 292 g/mol. The topological polar surface area (TPSA) is 65.7 Å². The van der Waals surface area contributed by atoms with E-state index in [2.05, 4.69) is 17.1 Å². The molecule has 0 bridgehead atoms. The molecular formula is C18H24N2O3. The number of amides is 1. The van der Waals surface area contributed by atoms with Crippen LogP contribution >= 0.6 is 0 Å². The maximum atomic E-state index is 12.2. The number of anilines is 1. The van der Waals surface area contributed by atoms with Crippen molar-refractivity contribution < 1.29 is 14.3 Å². The van der Waals surface area contributed by atoms with Crippen molar-refractivity contribution in [2.75, 3.05) is 25.0 Å². The number of aliphatic hydroxyl groups is 1. The van der Waals surface area contributed by atoms with Crippen LogP contribution in [-0.4, -0.2) is 31.2 Å². The second-order valence-electron chi connectivity index (χ2n) is 5.90. The van der Waals surface area contributed by atoms with Crippen LogP contribution in [0.2, 0.25) is 0 Å². The largest absolute Gasteiger partial charge is 0.466 e. The summed E-state index contributed by atoms with van der Waals surface area (Å²) >= 11 is 0. The Morgan fingerprint density at radius 1 is 1.30 bits per heavy atom. The molecule has 2 aromatic rings. The van der Waals surface area contributed by atoms with Gasteiger partial charge in [0.2, 0.25) is 0 Å². The number of hydrogen-bond donors (Lipinski definition) is 2. The maximum Gasteiger partial charge on any atom is 0.251 e. The first kappa shape index (κ1) is 17.1. The first-order chi connectivity index (χ1) is 10.9. The average Bonchev–Trinajstić information content (AvgIpc) is 3.08. The highest BCUT2D eigenvalue weighted by atomic mass is 16.4. The van der Waals surface area contributed by atoms with Crippen LogP contribution < -0.4 is 10.2 Å². The minimum absolute atomic E-state index is 0.0802. The van der Waals surface area contributed by atoms with Gasteiger partial charge in [-0.1, -0.05) is 6.92 Å². The first-order valence-corrected chi connectivity index (χ1v) is 7.80.